The Hall–Kier alpha value is -2.36. The van der Waals surface area contributed by atoms with E-state index < -0.39 is 0 Å². The number of hydrogen-bond acceptors (Lipinski definition) is 9. The topological polar surface area (TPSA) is 78.0 Å². The Kier molecular flexibility index (Phi) is 9.50. The average Bonchev–Trinajstić information content (AvgIpc) is 3.47. The van der Waals surface area contributed by atoms with Crippen LogP contribution in [0.15, 0.2) is 34.9 Å². The molecule has 3 aliphatic heterocycles. The Balaban J connectivity index is 1.17. The highest BCUT2D eigenvalue weighted by molar-refractivity contribution is 9.10. The van der Waals surface area contributed by atoms with Crippen LogP contribution in [0.5, 0.6) is 11.5 Å². The maximum absolute atomic E-state index is 6.89. The van der Waals surface area contributed by atoms with Crippen molar-refractivity contribution >= 4 is 69.6 Å². The van der Waals surface area contributed by atoms with Gasteiger partial charge < -0.3 is 29.9 Å². The summed E-state index contributed by atoms with van der Waals surface area (Å²) in [5.74, 6) is 2.74. The van der Waals surface area contributed by atoms with E-state index in [2.05, 4.69) is 78.8 Å². The number of piperidine rings is 1. The number of benzene rings is 2. The van der Waals surface area contributed by atoms with Crippen molar-refractivity contribution in [3.63, 3.8) is 0 Å². The molecule has 2 aromatic carbocycles. The van der Waals surface area contributed by atoms with Crippen molar-refractivity contribution in [1.29, 1.82) is 0 Å². The summed E-state index contributed by atoms with van der Waals surface area (Å²) in [5, 5.41) is 8.83. The van der Waals surface area contributed by atoms with Crippen molar-refractivity contribution in [2.45, 2.75) is 25.3 Å². The molecule has 43 heavy (non-hydrogen) atoms. The molecule has 0 aliphatic carbocycles. The lowest BCUT2D eigenvalue weighted by Gasteiger charge is -2.42. The second-order valence-corrected chi connectivity index (χ2v) is 15.2. The number of piperazine rings is 1. The van der Waals surface area contributed by atoms with Gasteiger partial charge in [0.2, 0.25) is 5.95 Å². The number of aromatic nitrogens is 2. The van der Waals surface area contributed by atoms with Crippen LogP contribution >= 0.6 is 35.5 Å². The SMILES string of the molecule is COc1cc(N2CCC(N3CCN(C)CC3)CC2)c(Cl)cc1Nc1ncc(Br)c(Nc2cc3c(cc2P(C)C)CCO3)n1. The van der Waals surface area contributed by atoms with E-state index in [1.165, 1.54) is 10.9 Å². The molecule has 0 spiro atoms. The van der Waals surface area contributed by atoms with Gasteiger partial charge in [-0.3, -0.25) is 4.90 Å². The lowest BCUT2D eigenvalue weighted by Crippen LogP contribution is -2.52. The Morgan fingerprint density at radius 2 is 1.79 bits per heavy atom. The Morgan fingerprint density at radius 3 is 2.51 bits per heavy atom. The number of methoxy groups -OCH3 is 1. The Morgan fingerprint density at radius 1 is 1.02 bits per heavy atom. The predicted molar refractivity (Wildman–Crippen MR) is 183 cm³/mol. The fourth-order valence-electron chi connectivity index (χ4n) is 6.16. The number of fused-ring (bicyclic) bond motifs is 1. The van der Waals surface area contributed by atoms with Crippen molar-refractivity contribution in [3.05, 3.63) is 45.5 Å². The lowest BCUT2D eigenvalue weighted by molar-refractivity contribution is 0.0982. The molecule has 0 radical (unpaired) electrons. The molecule has 2 fully saturated rings. The first-order valence-electron chi connectivity index (χ1n) is 14.9. The summed E-state index contributed by atoms with van der Waals surface area (Å²) in [5.41, 5.74) is 3.99. The first-order valence-corrected chi connectivity index (χ1v) is 18.3. The lowest BCUT2D eigenvalue weighted by atomic mass is 10.0. The monoisotopic (exact) mass is 687 g/mol. The van der Waals surface area contributed by atoms with E-state index in [1.807, 2.05) is 12.1 Å². The molecule has 0 unspecified atom stereocenters. The Bertz CT molecular complexity index is 1460. The van der Waals surface area contributed by atoms with E-state index in [-0.39, 0.29) is 7.92 Å². The summed E-state index contributed by atoms with van der Waals surface area (Å²) in [6.45, 7) is 11.8. The van der Waals surface area contributed by atoms with Crippen LogP contribution in [-0.2, 0) is 6.42 Å². The predicted octanol–water partition coefficient (Wildman–Crippen LogP) is 5.91. The van der Waals surface area contributed by atoms with E-state index in [0.29, 0.717) is 34.3 Å². The highest BCUT2D eigenvalue weighted by atomic mass is 79.9. The van der Waals surface area contributed by atoms with Crippen LogP contribution in [-0.4, -0.2) is 99.2 Å². The van der Waals surface area contributed by atoms with Crippen molar-refractivity contribution in [2.24, 2.45) is 0 Å². The first-order chi connectivity index (χ1) is 20.8. The fourth-order valence-corrected chi connectivity index (χ4v) is 7.75. The van der Waals surface area contributed by atoms with Crippen LogP contribution in [0.3, 0.4) is 0 Å². The van der Waals surface area contributed by atoms with Gasteiger partial charge in [0.1, 0.15) is 17.3 Å². The third-order valence-corrected chi connectivity index (χ3v) is 10.9. The average molecular weight is 689 g/mol. The second kappa shape index (κ2) is 13.3. The molecule has 230 valence electrons. The second-order valence-electron chi connectivity index (χ2n) is 11.7. The molecule has 9 nitrogen and oxygen atoms in total. The molecule has 2 N–H and O–H groups in total. The molecule has 1 aromatic heterocycles. The van der Waals surface area contributed by atoms with Crippen LogP contribution in [0.25, 0.3) is 0 Å². The van der Waals surface area contributed by atoms with Crippen LogP contribution in [0.1, 0.15) is 18.4 Å². The molecule has 0 saturated carbocycles. The van der Waals surface area contributed by atoms with Gasteiger partial charge in [0, 0.05) is 70.1 Å². The van der Waals surface area contributed by atoms with Crippen LogP contribution < -0.4 is 30.3 Å². The van der Waals surface area contributed by atoms with Gasteiger partial charge >= 0.3 is 0 Å². The molecule has 3 aliphatic rings. The van der Waals surface area contributed by atoms with Gasteiger partial charge in [-0.05, 0) is 72.1 Å². The summed E-state index contributed by atoms with van der Waals surface area (Å²) in [7, 11) is 3.55. The standard InChI is InChI=1S/C31H40BrClN7O2P/c1-38-10-12-39(13-11-38)21-5-8-40(9-6-21)26-18-28(41-2)24(16-23(26)33)36-31-34-19-22(32)30(37-31)35-25-17-27-20(7-14-42-27)15-29(25)43(3)4/h15-19,21H,5-14H2,1-4H3,(H2,34,35,36,37). The summed E-state index contributed by atoms with van der Waals surface area (Å²) >= 11 is 10.5. The van der Waals surface area contributed by atoms with E-state index in [1.54, 1.807) is 13.3 Å². The normalized spacial score (nSPS) is 18.1. The third kappa shape index (κ3) is 6.84. The number of hydrogen-bond donors (Lipinski definition) is 2. The minimum absolute atomic E-state index is 0.335. The number of ether oxygens (including phenoxy) is 2. The van der Waals surface area contributed by atoms with Gasteiger partial charge in [-0.15, -0.1) is 0 Å². The van der Waals surface area contributed by atoms with Crippen molar-refractivity contribution in [2.75, 3.05) is 88.9 Å². The number of anilines is 5. The molecule has 0 bridgehead atoms. The molecule has 3 aromatic rings. The van der Waals surface area contributed by atoms with Crippen LogP contribution in [0, 0.1) is 0 Å². The summed E-state index contributed by atoms with van der Waals surface area (Å²) in [4.78, 5) is 16.8. The minimum atomic E-state index is -0.335. The van der Waals surface area contributed by atoms with E-state index >= 15 is 0 Å². The molecule has 2 saturated heterocycles. The van der Waals surface area contributed by atoms with Crippen LogP contribution in [0.2, 0.25) is 5.02 Å². The summed E-state index contributed by atoms with van der Waals surface area (Å²) in [6, 6.07) is 8.95. The quantitative estimate of drug-likeness (QED) is 0.281. The van der Waals surface area contributed by atoms with Gasteiger partial charge in [0.15, 0.2) is 0 Å². The number of nitrogens with zero attached hydrogens (tertiary/aromatic N) is 5. The van der Waals surface area contributed by atoms with Gasteiger partial charge in [-0.25, -0.2) is 4.98 Å². The zero-order chi connectivity index (χ0) is 30.1. The maximum Gasteiger partial charge on any atom is 0.229 e. The number of rotatable bonds is 8. The van der Waals surface area contributed by atoms with Gasteiger partial charge in [-0.2, -0.15) is 4.98 Å². The third-order valence-electron chi connectivity index (χ3n) is 8.66. The van der Waals surface area contributed by atoms with Gasteiger partial charge in [-0.1, -0.05) is 19.5 Å². The molecule has 0 amide bonds. The maximum atomic E-state index is 6.89. The molecular weight excluding hydrogens is 649 g/mol. The zero-order valence-electron chi connectivity index (χ0n) is 25.3. The van der Waals surface area contributed by atoms with Gasteiger partial charge in [0.25, 0.3) is 0 Å². The van der Waals surface area contributed by atoms with Crippen molar-refractivity contribution < 1.29 is 9.47 Å². The minimum Gasteiger partial charge on any atom is -0.494 e. The highest BCUT2D eigenvalue weighted by Crippen LogP contribution is 2.40. The van der Waals surface area contributed by atoms with Crippen LogP contribution in [0.4, 0.5) is 28.8 Å². The number of nitrogens with one attached hydrogen (secondary N) is 2. The first kappa shape index (κ1) is 30.7. The largest absolute Gasteiger partial charge is 0.494 e. The number of halogens is 2. The van der Waals surface area contributed by atoms with E-state index in [4.69, 9.17) is 26.1 Å². The summed E-state index contributed by atoms with van der Waals surface area (Å²) in [6.07, 6.45) is 4.98. The van der Waals surface area contributed by atoms with Gasteiger partial charge in [0.05, 0.1) is 40.3 Å². The highest BCUT2D eigenvalue weighted by Gasteiger charge is 2.28. The molecule has 6 rings (SSSR count). The van der Waals surface area contributed by atoms with Crippen molar-refractivity contribution in [3.8, 4) is 11.5 Å². The summed E-state index contributed by atoms with van der Waals surface area (Å²) < 4.78 is 12.4. The Labute approximate surface area is 269 Å². The van der Waals surface area contributed by atoms with E-state index in [9.17, 15) is 0 Å². The van der Waals surface area contributed by atoms with Crippen molar-refractivity contribution in [1.82, 2.24) is 19.8 Å². The fraction of sp³-hybridized carbons (Fsp3) is 0.484. The molecule has 4 heterocycles. The molecular formula is C31H40BrClN7O2P. The smallest absolute Gasteiger partial charge is 0.229 e. The molecule has 0 atom stereocenters. The number of likely N-dealkylation sites (N-methyl/N-ethyl adjacent to an activating group) is 1. The van der Waals surface area contributed by atoms with E-state index in [0.717, 1.165) is 86.7 Å². The molecule has 12 heteroatoms. The zero-order valence-corrected chi connectivity index (χ0v) is 28.5.